The van der Waals surface area contributed by atoms with Crippen molar-refractivity contribution < 1.29 is 9.13 Å². The van der Waals surface area contributed by atoms with E-state index in [4.69, 9.17) is 4.74 Å². The maximum atomic E-state index is 13.0. The van der Waals surface area contributed by atoms with Crippen LogP contribution in [0.5, 0.6) is 5.75 Å². The van der Waals surface area contributed by atoms with Crippen LogP contribution in [0, 0.1) is 12.7 Å². The second kappa shape index (κ2) is 6.66. The Morgan fingerprint density at radius 2 is 1.61 bits per heavy atom. The number of ether oxygens (including phenoxy) is 1. The zero-order valence-corrected chi connectivity index (χ0v) is 13.3. The highest BCUT2D eigenvalue weighted by atomic mass is 19.1. The summed E-state index contributed by atoms with van der Waals surface area (Å²) in [7, 11) is 1.69. The van der Waals surface area contributed by atoms with Crippen LogP contribution >= 0.6 is 0 Å². The molecule has 3 aromatic carbocycles. The van der Waals surface area contributed by atoms with E-state index in [9.17, 15) is 4.39 Å². The molecule has 0 aromatic heterocycles. The van der Waals surface area contributed by atoms with Gasteiger partial charge in [0.05, 0.1) is 7.11 Å². The van der Waals surface area contributed by atoms with E-state index in [2.05, 4.69) is 43.3 Å². The van der Waals surface area contributed by atoms with Crippen LogP contribution in [-0.2, 0) is 6.42 Å². The normalized spacial score (nSPS) is 10.6. The van der Waals surface area contributed by atoms with Crippen molar-refractivity contribution in [2.75, 3.05) is 7.11 Å². The zero-order chi connectivity index (χ0) is 16.2. The molecule has 116 valence electrons. The second-order valence-electron chi connectivity index (χ2n) is 5.71. The minimum atomic E-state index is -0.205. The summed E-state index contributed by atoms with van der Waals surface area (Å²) in [4.78, 5) is 0. The van der Waals surface area contributed by atoms with Gasteiger partial charge in [-0.15, -0.1) is 0 Å². The molecular weight excluding hydrogens is 287 g/mol. The van der Waals surface area contributed by atoms with Gasteiger partial charge in [0.25, 0.3) is 0 Å². The molecule has 23 heavy (non-hydrogen) atoms. The molecule has 0 atom stereocenters. The molecule has 0 saturated heterocycles. The standard InChI is InChI=1S/C21H19FO/c1-15-4-3-5-18(12-15)20-14-17(8-11-21(20)23-2)13-16-6-9-19(22)10-7-16/h3-12,14H,13H2,1-2H3. The SMILES string of the molecule is COc1ccc(Cc2ccc(F)cc2)cc1-c1cccc(C)c1. The van der Waals surface area contributed by atoms with E-state index in [1.807, 2.05) is 18.2 Å². The number of rotatable bonds is 4. The highest BCUT2D eigenvalue weighted by Gasteiger charge is 2.08. The molecular formula is C21H19FO. The van der Waals surface area contributed by atoms with Gasteiger partial charge in [0.15, 0.2) is 0 Å². The number of halogens is 1. The summed E-state index contributed by atoms with van der Waals surface area (Å²) in [6.45, 7) is 2.08. The first-order valence-corrected chi connectivity index (χ1v) is 7.64. The Bertz CT molecular complexity index is 806. The van der Waals surface area contributed by atoms with E-state index >= 15 is 0 Å². The summed E-state index contributed by atoms with van der Waals surface area (Å²) in [5.41, 5.74) is 5.70. The summed E-state index contributed by atoms with van der Waals surface area (Å²) in [5.74, 6) is 0.655. The lowest BCUT2D eigenvalue weighted by Gasteiger charge is -2.12. The third kappa shape index (κ3) is 3.59. The Kier molecular flexibility index (Phi) is 4.42. The van der Waals surface area contributed by atoms with Crippen molar-refractivity contribution in [2.24, 2.45) is 0 Å². The molecule has 0 radical (unpaired) electrons. The number of hydrogen-bond donors (Lipinski definition) is 0. The summed E-state index contributed by atoms with van der Waals surface area (Å²) in [6.07, 6.45) is 0.767. The van der Waals surface area contributed by atoms with Crippen molar-refractivity contribution in [1.29, 1.82) is 0 Å². The van der Waals surface area contributed by atoms with Crippen molar-refractivity contribution in [3.63, 3.8) is 0 Å². The van der Waals surface area contributed by atoms with Crippen LogP contribution < -0.4 is 4.74 Å². The second-order valence-corrected chi connectivity index (χ2v) is 5.71. The Morgan fingerprint density at radius 3 is 2.30 bits per heavy atom. The fourth-order valence-corrected chi connectivity index (χ4v) is 2.74. The van der Waals surface area contributed by atoms with E-state index in [0.717, 1.165) is 28.9 Å². The molecule has 0 aliphatic rings. The molecule has 0 fully saturated rings. The van der Waals surface area contributed by atoms with Crippen LogP contribution in [0.15, 0.2) is 66.7 Å². The molecule has 0 amide bonds. The quantitative estimate of drug-likeness (QED) is 0.627. The van der Waals surface area contributed by atoms with Crippen LogP contribution in [0.25, 0.3) is 11.1 Å². The Morgan fingerprint density at radius 1 is 0.870 bits per heavy atom. The van der Waals surface area contributed by atoms with Gasteiger partial charge in [0.2, 0.25) is 0 Å². The highest BCUT2D eigenvalue weighted by molar-refractivity contribution is 5.71. The van der Waals surface area contributed by atoms with E-state index in [-0.39, 0.29) is 5.82 Å². The largest absolute Gasteiger partial charge is 0.496 e. The van der Waals surface area contributed by atoms with E-state index < -0.39 is 0 Å². The number of methoxy groups -OCH3 is 1. The van der Waals surface area contributed by atoms with Crippen molar-refractivity contribution in [3.8, 4) is 16.9 Å². The number of hydrogen-bond acceptors (Lipinski definition) is 1. The lowest BCUT2D eigenvalue weighted by atomic mass is 9.97. The Labute approximate surface area is 136 Å². The van der Waals surface area contributed by atoms with Crippen LogP contribution in [0.1, 0.15) is 16.7 Å². The van der Waals surface area contributed by atoms with Crippen molar-refractivity contribution in [2.45, 2.75) is 13.3 Å². The maximum absolute atomic E-state index is 13.0. The lowest BCUT2D eigenvalue weighted by Crippen LogP contribution is -1.93. The predicted molar refractivity (Wildman–Crippen MR) is 92.4 cm³/mol. The monoisotopic (exact) mass is 306 g/mol. The average Bonchev–Trinajstić information content (AvgIpc) is 2.57. The molecule has 0 heterocycles. The van der Waals surface area contributed by atoms with Crippen molar-refractivity contribution >= 4 is 0 Å². The van der Waals surface area contributed by atoms with E-state index in [0.29, 0.717) is 0 Å². The van der Waals surface area contributed by atoms with Crippen LogP contribution in [0.2, 0.25) is 0 Å². The third-order valence-corrected chi connectivity index (χ3v) is 3.91. The minimum Gasteiger partial charge on any atom is -0.496 e. The van der Waals surface area contributed by atoms with Gasteiger partial charge in [-0.3, -0.25) is 0 Å². The molecule has 3 rings (SSSR count). The fraction of sp³-hybridized carbons (Fsp3) is 0.143. The van der Waals surface area contributed by atoms with E-state index in [1.165, 1.54) is 23.3 Å². The van der Waals surface area contributed by atoms with Gasteiger partial charge in [-0.25, -0.2) is 4.39 Å². The summed E-state index contributed by atoms with van der Waals surface area (Å²) in [6, 6.07) is 21.2. The maximum Gasteiger partial charge on any atom is 0.126 e. The van der Waals surface area contributed by atoms with Gasteiger partial charge >= 0.3 is 0 Å². The van der Waals surface area contributed by atoms with Gasteiger partial charge in [-0.05, 0) is 54.3 Å². The molecule has 2 heteroatoms. The van der Waals surface area contributed by atoms with Crippen molar-refractivity contribution in [3.05, 3.63) is 89.2 Å². The Balaban J connectivity index is 1.97. The molecule has 1 nitrogen and oxygen atoms in total. The summed E-state index contributed by atoms with van der Waals surface area (Å²) >= 11 is 0. The smallest absolute Gasteiger partial charge is 0.126 e. The molecule has 0 saturated carbocycles. The van der Waals surface area contributed by atoms with Crippen molar-refractivity contribution in [1.82, 2.24) is 0 Å². The predicted octanol–water partition coefficient (Wildman–Crippen LogP) is 5.40. The lowest BCUT2D eigenvalue weighted by molar-refractivity contribution is 0.416. The van der Waals surface area contributed by atoms with Gasteiger partial charge in [-0.2, -0.15) is 0 Å². The van der Waals surface area contributed by atoms with Crippen LogP contribution in [0.3, 0.4) is 0 Å². The molecule has 0 spiro atoms. The summed E-state index contributed by atoms with van der Waals surface area (Å²) < 4.78 is 18.5. The molecule has 3 aromatic rings. The molecule has 0 bridgehead atoms. The summed E-state index contributed by atoms with van der Waals surface area (Å²) in [5, 5.41) is 0. The first-order valence-electron chi connectivity index (χ1n) is 7.64. The third-order valence-electron chi connectivity index (χ3n) is 3.91. The number of benzene rings is 3. The van der Waals surface area contributed by atoms with Gasteiger partial charge in [0.1, 0.15) is 11.6 Å². The minimum absolute atomic E-state index is 0.205. The molecule has 0 N–H and O–H groups in total. The van der Waals surface area contributed by atoms with Gasteiger partial charge < -0.3 is 4.74 Å². The Hall–Kier alpha value is -2.61. The zero-order valence-electron chi connectivity index (χ0n) is 13.3. The molecule has 0 unspecified atom stereocenters. The highest BCUT2D eigenvalue weighted by Crippen LogP contribution is 2.32. The van der Waals surface area contributed by atoms with Gasteiger partial charge in [-0.1, -0.05) is 48.0 Å². The molecule has 0 aliphatic heterocycles. The van der Waals surface area contributed by atoms with Gasteiger partial charge in [0, 0.05) is 5.56 Å². The van der Waals surface area contributed by atoms with Crippen LogP contribution in [0.4, 0.5) is 4.39 Å². The molecule has 0 aliphatic carbocycles. The van der Waals surface area contributed by atoms with E-state index in [1.54, 1.807) is 7.11 Å². The first-order chi connectivity index (χ1) is 11.2. The average molecular weight is 306 g/mol. The topological polar surface area (TPSA) is 9.23 Å². The van der Waals surface area contributed by atoms with Crippen LogP contribution in [-0.4, -0.2) is 7.11 Å². The fourth-order valence-electron chi connectivity index (χ4n) is 2.74. The first kappa shape index (κ1) is 15.3. The number of aryl methyl sites for hydroxylation is 1.